The van der Waals surface area contributed by atoms with E-state index >= 15 is 0 Å². The second kappa shape index (κ2) is 8.52. The number of rotatable bonds is 6. The molecule has 1 N–H and O–H groups in total. The topological polar surface area (TPSA) is 79.4 Å². The number of nitrogens with one attached hydrogen (secondary N) is 1. The highest BCUT2D eigenvalue weighted by Gasteiger charge is 2.27. The lowest BCUT2D eigenvalue weighted by Crippen LogP contribution is -2.34. The number of amides is 1. The molecule has 6 nitrogen and oxygen atoms in total. The molecule has 0 saturated carbocycles. The number of hydrogen-bond acceptors (Lipinski definition) is 4. The van der Waals surface area contributed by atoms with Gasteiger partial charge in [0.1, 0.15) is 11.6 Å². The molecular weight excluding hydrogens is 424 g/mol. The maximum atomic E-state index is 13.8. The van der Waals surface area contributed by atoms with E-state index < -0.39 is 26.6 Å². The first-order chi connectivity index (χ1) is 14.9. The lowest BCUT2D eigenvalue weighted by atomic mass is 10.0. The number of carbonyl (C=O) groups is 1. The molecule has 31 heavy (non-hydrogen) atoms. The maximum Gasteiger partial charge on any atom is 0.246 e. The molecule has 9 heteroatoms. The van der Waals surface area contributed by atoms with E-state index in [0.717, 1.165) is 40.6 Å². The fraction of sp³-hybridized carbons (Fsp3) is 0.182. The van der Waals surface area contributed by atoms with Crippen molar-refractivity contribution in [3.05, 3.63) is 78.1 Å². The molecule has 0 unspecified atom stereocenters. The van der Waals surface area contributed by atoms with Crippen molar-refractivity contribution in [3.63, 3.8) is 0 Å². The fourth-order valence-corrected chi connectivity index (χ4v) is 4.79. The number of aromatic nitrogens is 1. The summed E-state index contributed by atoms with van der Waals surface area (Å²) >= 11 is 0. The predicted molar refractivity (Wildman–Crippen MR) is 112 cm³/mol. The Labute approximate surface area is 178 Å². The van der Waals surface area contributed by atoms with E-state index in [0.29, 0.717) is 13.0 Å². The minimum absolute atomic E-state index is 0.138. The molecule has 0 saturated heterocycles. The van der Waals surface area contributed by atoms with Gasteiger partial charge in [0.15, 0.2) is 4.90 Å². The summed E-state index contributed by atoms with van der Waals surface area (Å²) in [5, 5.41) is 0. The fourth-order valence-electron chi connectivity index (χ4n) is 3.62. The molecule has 1 amide bonds. The Bertz CT molecular complexity index is 1210. The molecule has 1 aliphatic rings. The lowest BCUT2D eigenvalue weighted by Gasteiger charge is -2.18. The predicted octanol–water partition coefficient (Wildman–Crippen LogP) is 3.28. The first-order valence-corrected chi connectivity index (χ1v) is 11.1. The number of carbonyl (C=O) groups excluding carboxylic acids is 1. The van der Waals surface area contributed by atoms with Crippen LogP contribution >= 0.6 is 0 Å². The van der Waals surface area contributed by atoms with Gasteiger partial charge in [0, 0.05) is 37.6 Å². The summed E-state index contributed by atoms with van der Waals surface area (Å²) in [6, 6.07) is 12.4. The van der Waals surface area contributed by atoms with Crippen LogP contribution < -0.4 is 9.62 Å². The second-order valence-corrected chi connectivity index (χ2v) is 8.78. The third-order valence-electron chi connectivity index (χ3n) is 5.11. The Morgan fingerprint density at radius 3 is 2.45 bits per heavy atom. The zero-order valence-corrected chi connectivity index (χ0v) is 17.2. The third kappa shape index (κ3) is 4.33. The standard InChI is InChI=1S/C22H19F2N3O3S/c23-18-2-1-3-19(24)22(18)31(29,30)26-12-8-21(28)27-13-9-17-14-16(4-5-20(17)27)15-6-10-25-11-7-15/h1-7,10-11,14,26H,8-9,12-13H2. The van der Waals surface area contributed by atoms with Crippen molar-refractivity contribution in [2.75, 3.05) is 18.0 Å². The largest absolute Gasteiger partial charge is 0.312 e. The summed E-state index contributed by atoms with van der Waals surface area (Å²) < 4.78 is 54.1. The molecule has 0 fully saturated rings. The Kier molecular flexibility index (Phi) is 5.79. The highest BCUT2D eigenvalue weighted by molar-refractivity contribution is 7.89. The van der Waals surface area contributed by atoms with E-state index in [1.807, 2.05) is 30.3 Å². The van der Waals surface area contributed by atoms with Crippen molar-refractivity contribution in [2.45, 2.75) is 17.7 Å². The van der Waals surface area contributed by atoms with Crippen molar-refractivity contribution < 1.29 is 22.0 Å². The van der Waals surface area contributed by atoms with Gasteiger partial charge in [0.25, 0.3) is 0 Å². The molecule has 1 aromatic heterocycles. The number of nitrogens with zero attached hydrogens (tertiary/aromatic N) is 2. The number of pyridine rings is 1. The lowest BCUT2D eigenvalue weighted by molar-refractivity contribution is -0.118. The number of halogens is 2. The first kappa shape index (κ1) is 21.1. The van der Waals surface area contributed by atoms with Crippen molar-refractivity contribution in [3.8, 4) is 11.1 Å². The monoisotopic (exact) mass is 443 g/mol. The van der Waals surface area contributed by atoms with Gasteiger partial charge in [-0.1, -0.05) is 12.1 Å². The average molecular weight is 443 g/mol. The van der Waals surface area contributed by atoms with Crippen molar-refractivity contribution in [2.24, 2.45) is 0 Å². The van der Waals surface area contributed by atoms with Crippen LogP contribution in [0.4, 0.5) is 14.5 Å². The van der Waals surface area contributed by atoms with Gasteiger partial charge in [-0.15, -0.1) is 0 Å². The summed E-state index contributed by atoms with van der Waals surface area (Å²) in [5.41, 5.74) is 3.86. The average Bonchev–Trinajstić information content (AvgIpc) is 3.17. The van der Waals surface area contributed by atoms with Crippen LogP contribution in [-0.4, -0.2) is 32.4 Å². The molecule has 0 aliphatic carbocycles. The van der Waals surface area contributed by atoms with Crippen LogP contribution in [0.2, 0.25) is 0 Å². The zero-order chi connectivity index (χ0) is 22.0. The van der Waals surface area contributed by atoms with Crippen LogP contribution in [0.3, 0.4) is 0 Å². The number of benzene rings is 2. The van der Waals surface area contributed by atoms with Crippen molar-refractivity contribution >= 4 is 21.6 Å². The molecule has 1 aliphatic heterocycles. The van der Waals surface area contributed by atoms with Crippen LogP contribution in [-0.2, 0) is 21.2 Å². The Morgan fingerprint density at radius 2 is 1.74 bits per heavy atom. The molecule has 0 atom stereocenters. The highest BCUT2D eigenvalue weighted by atomic mass is 32.2. The quantitative estimate of drug-likeness (QED) is 0.634. The number of hydrogen-bond donors (Lipinski definition) is 1. The summed E-state index contributed by atoms with van der Waals surface area (Å²) in [6.07, 6.45) is 3.98. The summed E-state index contributed by atoms with van der Waals surface area (Å²) in [4.78, 5) is 17.2. The van der Waals surface area contributed by atoms with Crippen LogP contribution in [0.1, 0.15) is 12.0 Å². The smallest absolute Gasteiger partial charge is 0.246 e. The Hall–Kier alpha value is -3.17. The van der Waals surface area contributed by atoms with E-state index in [4.69, 9.17) is 0 Å². The van der Waals surface area contributed by atoms with Gasteiger partial charge in [-0.2, -0.15) is 0 Å². The molecule has 2 heterocycles. The van der Waals surface area contributed by atoms with E-state index in [1.54, 1.807) is 17.3 Å². The molecule has 0 bridgehead atoms. The molecule has 160 valence electrons. The molecular formula is C22H19F2N3O3S. The van der Waals surface area contributed by atoms with E-state index in [2.05, 4.69) is 9.71 Å². The first-order valence-electron chi connectivity index (χ1n) is 9.64. The van der Waals surface area contributed by atoms with Crippen molar-refractivity contribution in [1.82, 2.24) is 9.71 Å². The van der Waals surface area contributed by atoms with Gasteiger partial charge in [-0.25, -0.2) is 21.9 Å². The van der Waals surface area contributed by atoms with Gasteiger partial charge < -0.3 is 4.90 Å². The van der Waals surface area contributed by atoms with Gasteiger partial charge in [0.05, 0.1) is 0 Å². The van der Waals surface area contributed by atoms with Crippen LogP contribution in [0.5, 0.6) is 0 Å². The third-order valence-corrected chi connectivity index (χ3v) is 6.62. The van der Waals surface area contributed by atoms with Crippen LogP contribution in [0, 0.1) is 11.6 Å². The summed E-state index contributed by atoms with van der Waals surface area (Å²) in [5.74, 6) is -2.64. The summed E-state index contributed by atoms with van der Waals surface area (Å²) in [7, 11) is -4.41. The number of fused-ring (bicyclic) bond motifs is 1. The van der Waals surface area contributed by atoms with E-state index in [9.17, 15) is 22.0 Å². The van der Waals surface area contributed by atoms with Gasteiger partial charge in [-0.3, -0.25) is 9.78 Å². The molecule has 0 radical (unpaired) electrons. The van der Waals surface area contributed by atoms with Crippen molar-refractivity contribution in [1.29, 1.82) is 0 Å². The molecule has 3 aromatic rings. The van der Waals surface area contributed by atoms with Gasteiger partial charge >= 0.3 is 0 Å². The SMILES string of the molecule is O=C(CCNS(=O)(=O)c1c(F)cccc1F)N1CCc2cc(-c3ccncc3)ccc21. The molecule has 4 rings (SSSR count). The number of sulfonamides is 1. The molecule has 2 aromatic carbocycles. The second-order valence-electron chi connectivity index (χ2n) is 7.07. The highest BCUT2D eigenvalue weighted by Crippen LogP contribution is 2.32. The number of anilines is 1. The van der Waals surface area contributed by atoms with Crippen LogP contribution in [0.25, 0.3) is 11.1 Å². The maximum absolute atomic E-state index is 13.8. The normalized spacial score (nSPS) is 13.3. The Morgan fingerprint density at radius 1 is 1.03 bits per heavy atom. The summed E-state index contributed by atoms with van der Waals surface area (Å²) in [6.45, 7) is 0.221. The molecule has 0 spiro atoms. The zero-order valence-electron chi connectivity index (χ0n) is 16.4. The Balaban J connectivity index is 1.42. The van der Waals surface area contributed by atoms with E-state index in [1.165, 1.54) is 0 Å². The minimum Gasteiger partial charge on any atom is -0.312 e. The van der Waals surface area contributed by atoms with Crippen LogP contribution in [0.15, 0.2) is 65.8 Å². The minimum atomic E-state index is -4.41. The van der Waals surface area contributed by atoms with Gasteiger partial charge in [-0.05, 0) is 59.5 Å². The van der Waals surface area contributed by atoms with E-state index in [-0.39, 0.29) is 18.9 Å². The van der Waals surface area contributed by atoms with Gasteiger partial charge in [0.2, 0.25) is 15.9 Å².